The molecule has 3 rings (SSSR count). The summed E-state index contributed by atoms with van der Waals surface area (Å²) in [5.41, 5.74) is 1.90. The lowest BCUT2D eigenvalue weighted by molar-refractivity contribution is 0.204. The summed E-state index contributed by atoms with van der Waals surface area (Å²) in [7, 11) is 1.70. The van der Waals surface area contributed by atoms with Crippen LogP contribution in [0.3, 0.4) is 0 Å². The van der Waals surface area contributed by atoms with Gasteiger partial charge >= 0.3 is 6.03 Å². The Labute approximate surface area is 144 Å². The molecule has 2 aliphatic rings. The van der Waals surface area contributed by atoms with Crippen LogP contribution in [-0.4, -0.2) is 57.3 Å². The zero-order valence-corrected chi connectivity index (χ0v) is 14.7. The number of anilines is 2. The van der Waals surface area contributed by atoms with Crippen LogP contribution in [-0.2, 0) is 0 Å². The van der Waals surface area contributed by atoms with Gasteiger partial charge in [-0.05, 0) is 37.0 Å². The van der Waals surface area contributed by atoms with E-state index in [1.54, 1.807) is 7.11 Å². The van der Waals surface area contributed by atoms with Crippen molar-refractivity contribution in [2.45, 2.75) is 19.8 Å². The summed E-state index contributed by atoms with van der Waals surface area (Å²) in [6.07, 6.45) is 2.39. The van der Waals surface area contributed by atoms with Crippen molar-refractivity contribution in [3.05, 3.63) is 18.2 Å². The van der Waals surface area contributed by atoms with Gasteiger partial charge in [-0.3, -0.25) is 0 Å². The largest absolute Gasteiger partial charge is 0.495 e. The molecule has 2 saturated heterocycles. The quantitative estimate of drug-likeness (QED) is 0.892. The first-order valence-electron chi connectivity index (χ1n) is 8.87. The molecule has 0 radical (unpaired) electrons. The van der Waals surface area contributed by atoms with Crippen LogP contribution in [0, 0.1) is 5.92 Å². The van der Waals surface area contributed by atoms with Gasteiger partial charge < -0.3 is 25.2 Å². The highest BCUT2D eigenvalue weighted by Crippen LogP contribution is 2.34. The van der Waals surface area contributed by atoms with Gasteiger partial charge in [0.25, 0.3) is 0 Å². The Morgan fingerprint density at radius 1 is 1.21 bits per heavy atom. The van der Waals surface area contributed by atoms with Crippen molar-refractivity contribution in [2.75, 3.05) is 56.6 Å². The maximum Gasteiger partial charge on any atom is 0.321 e. The molecule has 1 aromatic rings. The van der Waals surface area contributed by atoms with E-state index < -0.39 is 0 Å². The van der Waals surface area contributed by atoms with Crippen molar-refractivity contribution >= 4 is 17.4 Å². The fraction of sp³-hybridized carbons (Fsp3) is 0.611. The second-order valence-corrected chi connectivity index (χ2v) is 6.72. The number of nitrogens with one attached hydrogen (secondary N) is 2. The topological polar surface area (TPSA) is 56.8 Å². The number of rotatable bonds is 3. The van der Waals surface area contributed by atoms with E-state index in [0.717, 1.165) is 62.3 Å². The third kappa shape index (κ3) is 3.93. The molecule has 6 heteroatoms. The number of hydrogen-bond acceptors (Lipinski definition) is 4. The molecule has 2 aliphatic heterocycles. The van der Waals surface area contributed by atoms with Crippen molar-refractivity contribution in [3.8, 4) is 5.75 Å². The normalized spacial score (nSPS) is 19.2. The third-order valence-corrected chi connectivity index (χ3v) is 4.96. The first-order chi connectivity index (χ1) is 11.7. The number of methoxy groups -OCH3 is 1. The van der Waals surface area contributed by atoms with Crippen LogP contribution in [0.1, 0.15) is 19.8 Å². The van der Waals surface area contributed by atoms with Gasteiger partial charge in [0.05, 0.1) is 12.8 Å². The second kappa shape index (κ2) is 7.75. The summed E-state index contributed by atoms with van der Waals surface area (Å²) in [6, 6.07) is 5.87. The summed E-state index contributed by atoms with van der Waals surface area (Å²) >= 11 is 0. The SMILES string of the molecule is COc1ccc(NC(=O)N2CCNCC2)cc1N1CCC(C)CC1. The fourth-order valence-electron chi connectivity index (χ4n) is 3.33. The number of benzene rings is 1. The van der Waals surface area contributed by atoms with E-state index in [4.69, 9.17) is 4.74 Å². The van der Waals surface area contributed by atoms with Crippen molar-refractivity contribution < 1.29 is 9.53 Å². The van der Waals surface area contributed by atoms with Gasteiger partial charge in [0, 0.05) is 45.0 Å². The van der Waals surface area contributed by atoms with Crippen LogP contribution in [0.5, 0.6) is 5.75 Å². The van der Waals surface area contributed by atoms with Crippen molar-refractivity contribution in [1.82, 2.24) is 10.2 Å². The Balaban J connectivity index is 1.72. The zero-order valence-electron chi connectivity index (χ0n) is 14.7. The molecule has 6 nitrogen and oxygen atoms in total. The first-order valence-corrected chi connectivity index (χ1v) is 8.87. The third-order valence-electron chi connectivity index (χ3n) is 4.96. The van der Waals surface area contributed by atoms with Crippen LogP contribution >= 0.6 is 0 Å². The van der Waals surface area contributed by atoms with Gasteiger partial charge in [0.1, 0.15) is 5.75 Å². The Kier molecular flexibility index (Phi) is 5.45. The summed E-state index contributed by atoms with van der Waals surface area (Å²) in [4.78, 5) is 16.6. The highest BCUT2D eigenvalue weighted by atomic mass is 16.5. The van der Waals surface area contributed by atoms with Gasteiger partial charge in [-0.25, -0.2) is 4.79 Å². The lowest BCUT2D eigenvalue weighted by atomic mass is 9.98. The number of nitrogens with zero attached hydrogens (tertiary/aromatic N) is 2. The average Bonchev–Trinajstić information content (AvgIpc) is 2.63. The van der Waals surface area contributed by atoms with E-state index in [1.165, 1.54) is 12.8 Å². The Morgan fingerprint density at radius 2 is 1.92 bits per heavy atom. The molecule has 24 heavy (non-hydrogen) atoms. The molecule has 1 aromatic carbocycles. The number of ether oxygens (including phenoxy) is 1. The monoisotopic (exact) mass is 332 g/mol. The molecular weight excluding hydrogens is 304 g/mol. The standard InChI is InChI=1S/C18H28N4O2/c1-14-5-9-21(10-6-14)16-13-15(3-4-17(16)24-2)20-18(23)22-11-7-19-8-12-22/h3-4,13-14,19H,5-12H2,1-2H3,(H,20,23). The molecule has 132 valence electrons. The number of piperazine rings is 1. The minimum atomic E-state index is -0.0279. The Hall–Kier alpha value is -1.95. The second-order valence-electron chi connectivity index (χ2n) is 6.72. The zero-order chi connectivity index (χ0) is 16.9. The van der Waals surface area contributed by atoms with E-state index in [0.29, 0.717) is 0 Å². The van der Waals surface area contributed by atoms with E-state index >= 15 is 0 Å². The molecule has 0 unspecified atom stereocenters. The molecule has 2 heterocycles. The van der Waals surface area contributed by atoms with E-state index in [-0.39, 0.29) is 6.03 Å². The number of carbonyl (C=O) groups is 1. The Bertz CT molecular complexity index is 564. The average molecular weight is 332 g/mol. The number of piperidine rings is 1. The van der Waals surface area contributed by atoms with Crippen LogP contribution in [0.25, 0.3) is 0 Å². The maximum atomic E-state index is 12.4. The highest BCUT2D eigenvalue weighted by Gasteiger charge is 2.21. The molecule has 2 fully saturated rings. The van der Waals surface area contributed by atoms with Gasteiger partial charge in [-0.1, -0.05) is 6.92 Å². The predicted octanol–water partition coefficient (Wildman–Crippen LogP) is 2.37. The number of hydrogen-bond donors (Lipinski definition) is 2. The van der Waals surface area contributed by atoms with E-state index in [1.807, 2.05) is 23.1 Å². The lowest BCUT2D eigenvalue weighted by Crippen LogP contribution is -2.48. The molecule has 2 N–H and O–H groups in total. The molecule has 2 amide bonds. The molecule has 0 saturated carbocycles. The summed E-state index contributed by atoms with van der Waals surface area (Å²) in [6.45, 7) is 7.58. The summed E-state index contributed by atoms with van der Waals surface area (Å²) in [5.74, 6) is 1.65. The summed E-state index contributed by atoms with van der Waals surface area (Å²) in [5, 5.41) is 6.29. The minimum absolute atomic E-state index is 0.0279. The van der Waals surface area contributed by atoms with Crippen molar-refractivity contribution in [2.24, 2.45) is 5.92 Å². The minimum Gasteiger partial charge on any atom is -0.495 e. The van der Waals surface area contributed by atoms with Gasteiger partial charge in [0.2, 0.25) is 0 Å². The smallest absolute Gasteiger partial charge is 0.321 e. The fourth-order valence-corrected chi connectivity index (χ4v) is 3.33. The number of amides is 2. The number of carbonyl (C=O) groups excluding carboxylic acids is 1. The molecule has 0 bridgehead atoms. The Morgan fingerprint density at radius 3 is 2.58 bits per heavy atom. The van der Waals surface area contributed by atoms with Gasteiger partial charge in [-0.2, -0.15) is 0 Å². The summed E-state index contributed by atoms with van der Waals surface area (Å²) < 4.78 is 5.53. The highest BCUT2D eigenvalue weighted by molar-refractivity contribution is 5.90. The first kappa shape index (κ1) is 16.9. The van der Waals surface area contributed by atoms with Crippen LogP contribution in [0.4, 0.5) is 16.2 Å². The van der Waals surface area contributed by atoms with E-state index in [9.17, 15) is 4.79 Å². The lowest BCUT2D eigenvalue weighted by Gasteiger charge is -2.33. The maximum absolute atomic E-state index is 12.4. The van der Waals surface area contributed by atoms with E-state index in [2.05, 4.69) is 22.5 Å². The number of urea groups is 1. The van der Waals surface area contributed by atoms with Crippen molar-refractivity contribution in [3.63, 3.8) is 0 Å². The predicted molar refractivity (Wildman–Crippen MR) is 97.1 cm³/mol. The molecule has 0 spiro atoms. The van der Waals surface area contributed by atoms with Crippen LogP contribution in [0.2, 0.25) is 0 Å². The van der Waals surface area contributed by atoms with Crippen molar-refractivity contribution in [1.29, 1.82) is 0 Å². The van der Waals surface area contributed by atoms with Crippen LogP contribution < -0.4 is 20.3 Å². The van der Waals surface area contributed by atoms with Gasteiger partial charge in [0.15, 0.2) is 0 Å². The molecular formula is C18H28N4O2. The molecule has 0 atom stereocenters. The van der Waals surface area contributed by atoms with Crippen LogP contribution in [0.15, 0.2) is 18.2 Å². The van der Waals surface area contributed by atoms with Gasteiger partial charge in [-0.15, -0.1) is 0 Å². The molecule has 0 aliphatic carbocycles. The molecule has 0 aromatic heterocycles.